The molecule has 8 heteroatoms. The lowest BCUT2D eigenvalue weighted by Gasteiger charge is -2.17. The van der Waals surface area contributed by atoms with Crippen LogP contribution < -0.4 is 15.0 Å². The lowest BCUT2D eigenvalue weighted by molar-refractivity contribution is -0.113. The minimum absolute atomic E-state index is 0.116. The molecule has 1 amide bonds. The SMILES string of the molecule is CCOc1ccc(-c2nnc(SCC(=O)Nc3ccc(N4CCCC4)cc3)o2)cc1. The number of carbonyl (C=O) groups excluding carboxylic acids is 1. The molecule has 0 unspecified atom stereocenters. The van der Waals surface area contributed by atoms with Gasteiger partial charge in [-0.15, -0.1) is 10.2 Å². The average Bonchev–Trinajstić information content (AvgIpc) is 3.46. The summed E-state index contributed by atoms with van der Waals surface area (Å²) in [4.78, 5) is 14.6. The first-order chi connectivity index (χ1) is 14.7. The molecular formula is C22H24N4O3S. The van der Waals surface area contributed by atoms with Crippen molar-refractivity contribution in [2.45, 2.75) is 25.0 Å². The number of thioether (sulfide) groups is 1. The molecule has 0 radical (unpaired) electrons. The van der Waals surface area contributed by atoms with Gasteiger partial charge in [-0.1, -0.05) is 11.8 Å². The molecule has 1 aliphatic rings. The molecule has 2 aromatic carbocycles. The molecule has 30 heavy (non-hydrogen) atoms. The molecule has 1 saturated heterocycles. The summed E-state index contributed by atoms with van der Waals surface area (Å²) in [7, 11) is 0. The predicted octanol–water partition coefficient (Wildman–Crippen LogP) is 4.47. The van der Waals surface area contributed by atoms with Crippen LogP contribution in [0.1, 0.15) is 19.8 Å². The zero-order chi connectivity index (χ0) is 20.8. The lowest BCUT2D eigenvalue weighted by atomic mass is 10.2. The van der Waals surface area contributed by atoms with Crippen LogP contribution in [-0.2, 0) is 4.79 Å². The summed E-state index contributed by atoms with van der Waals surface area (Å²) in [5, 5.41) is 11.3. The molecule has 2 heterocycles. The number of amides is 1. The molecule has 0 aliphatic carbocycles. The van der Waals surface area contributed by atoms with Crippen LogP contribution in [0.4, 0.5) is 11.4 Å². The van der Waals surface area contributed by atoms with E-state index in [0.29, 0.717) is 17.7 Å². The van der Waals surface area contributed by atoms with Crippen molar-refractivity contribution >= 4 is 29.0 Å². The molecule has 0 atom stereocenters. The molecule has 1 fully saturated rings. The Balaban J connectivity index is 1.28. The lowest BCUT2D eigenvalue weighted by Crippen LogP contribution is -2.18. The Morgan fingerprint density at radius 1 is 1.10 bits per heavy atom. The van der Waals surface area contributed by atoms with Crippen LogP contribution in [0.5, 0.6) is 5.75 Å². The van der Waals surface area contributed by atoms with Gasteiger partial charge in [-0.25, -0.2) is 0 Å². The summed E-state index contributed by atoms with van der Waals surface area (Å²) in [6.07, 6.45) is 2.48. The summed E-state index contributed by atoms with van der Waals surface area (Å²) >= 11 is 1.21. The van der Waals surface area contributed by atoms with Gasteiger partial charge in [0.2, 0.25) is 11.8 Å². The Morgan fingerprint density at radius 3 is 2.53 bits per heavy atom. The molecular weight excluding hydrogens is 400 g/mol. The maximum atomic E-state index is 12.3. The van der Waals surface area contributed by atoms with Crippen LogP contribution in [0, 0.1) is 0 Å². The highest BCUT2D eigenvalue weighted by Crippen LogP contribution is 2.26. The second-order valence-electron chi connectivity index (χ2n) is 6.91. The quantitative estimate of drug-likeness (QED) is 0.535. The number of nitrogens with one attached hydrogen (secondary N) is 1. The zero-order valence-electron chi connectivity index (χ0n) is 16.8. The zero-order valence-corrected chi connectivity index (χ0v) is 17.7. The summed E-state index contributed by atoms with van der Waals surface area (Å²) in [5.74, 6) is 1.28. The van der Waals surface area contributed by atoms with Crippen LogP contribution in [0.2, 0.25) is 0 Å². The van der Waals surface area contributed by atoms with Gasteiger partial charge in [0.15, 0.2) is 0 Å². The van der Waals surface area contributed by atoms with Gasteiger partial charge in [-0.3, -0.25) is 4.79 Å². The van der Waals surface area contributed by atoms with Crippen LogP contribution >= 0.6 is 11.8 Å². The molecule has 1 aromatic heterocycles. The monoisotopic (exact) mass is 424 g/mol. The van der Waals surface area contributed by atoms with Gasteiger partial charge in [-0.2, -0.15) is 0 Å². The maximum Gasteiger partial charge on any atom is 0.277 e. The molecule has 0 saturated carbocycles. The fourth-order valence-corrected chi connectivity index (χ4v) is 3.86. The van der Waals surface area contributed by atoms with E-state index in [0.717, 1.165) is 30.1 Å². The van der Waals surface area contributed by atoms with Crippen LogP contribution in [0.3, 0.4) is 0 Å². The van der Waals surface area contributed by atoms with Crippen molar-refractivity contribution in [1.29, 1.82) is 0 Å². The number of aromatic nitrogens is 2. The molecule has 1 aliphatic heterocycles. The van der Waals surface area contributed by atoms with Crippen molar-refractivity contribution in [2.75, 3.05) is 35.7 Å². The van der Waals surface area contributed by atoms with E-state index in [1.165, 1.54) is 30.3 Å². The Hall–Kier alpha value is -3.00. The van der Waals surface area contributed by atoms with E-state index < -0.39 is 0 Å². The van der Waals surface area contributed by atoms with Gasteiger partial charge in [0, 0.05) is 30.0 Å². The summed E-state index contributed by atoms with van der Waals surface area (Å²) in [6.45, 7) is 4.76. The van der Waals surface area contributed by atoms with Crippen molar-refractivity contribution in [2.24, 2.45) is 0 Å². The first kappa shape index (κ1) is 20.3. The number of hydrogen-bond acceptors (Lipinski definition) is 7. The van der Waals surface area contributed by atoms with Gasteiger partial charge in [0.1, 0.15) is 5.75 Å². The molecule has 0 bridgehead atoms. The van der Waals surface area contributed by atoms with Gasteiger partial charge in [0.05, 0.1) is 12.4 Å². The smallest absolute Gasteiger partial charge is 0.277 e. The largest absolute Gasteiger partial charge is 0.494 e. The average molecular weight is 425 g/mol. The van der Waals surface area contributed by atoms with Gasteiger partial charge < -0.3 is 19.4 Å². The number of ether oxygens (including phenoxy) is 1. The fraction of sp³-hybridized carbons (Fsp3) is 0.318. The molecule has 7 nitrogen and oxygen atoms in total. The second kappa shape index (κ2) is 9.67. The predicted molar refractivity (Wildman–Crippen MR) is 118 cm³/mol. The number of rotatable bonds is 8. The number of benzene rings is 2. The van der Waals surface area contributed by atoms with E-state index in [1.807, 2.05) is 43.3 Å². The van der Waals surface area contributed by atoms with Crippen molar-refractivity contribution in [3.05, 3.63) is 48.5 Å². The van der Waals surface area contributed by atoms with Gasteiger partial charge >= 0.3 is 0 Å². The van der Waals surface area contributed by atoms with Crippen LogP contribution in [0.25, 0.3) is 11.5 Å². The number of hydrogen-bond donors (Lipinski definition) is 1. The standard InChI is InChI=1S/C22H24N4O3S/c1-2-28-19-11-5-16(6-12-19)21-24-25-22(29-21)30-15-20(27)23-17-7-9-18(10-8-17)26-13-3-4-14-26/h5-12H,2-4,13-15H2,1H3,(H,23,27). The molecule has 156 valence electrons. The summed E-state index contributed by atoms with van der Waals surface area (Å²) in [6, 6.07) is 15.4. The third-order valence-electron chi connectivity index (χ3n) is 4.77. The van der Waals surface area contributed by atoms with E-state index in [1.54, 1.807) is 0 Å². The minimum Gasteiger partial charge on any atom is -0.494 e. The Labute approximate surface area is 179 Å². The molecule has 4 rings (SSSR count). The summed E-state index contributed by atoms with van der Waals surface area (Å²) < 4.78 is 11.1. The van der Waals surface area contributed by atoms with E-state index >= 15 is 0 Å². The van der Waals surface area contributed by atoms with Crippen molar-refractivity contribution < 1.29 is 13.9 Å². The topological polar surface area (TPSA) is 80.5 Å². The van der Waals surface area contributed by atoms with Crippen LogP contribution in [-0.4, -0.2) is 41.6 Å². The van der Waals surface area contributed by atoms with E-state index in [4.69, 9.17) is 9.15 Å². The molecule has 0 spiro atoms. The Kier molecular flexibility index (Phi) is 6.53. The highest BCUT2D eigenvalue weighted by molar-refractivity contribution is 7.99. The number of anilines is 2. The Morgan fingerprint density at radius 2 is 1.83 bits per heavy atom. The highest BCUT2D eigenvalue weighted by Gasteiger charge is 2.13. The van der Waals surface area contributed by atoms with E-state index in [-0.39, 0.29) is 11.7 Å². The molecule has 3 aromatic rings. The van der Waals surface area contributed by atoms with Gasteiger partial charge in [0.25, 0.3) is 5.22 Å². The Bertz CT molecular complexity index is 967. The van der Waals surface area contributed by atoms with E-state index in [2.05, 4.69) is 32.5 Å². The third-order valence-corrected chi connectivity index (χ3v) is 5.59. The van der Waals surface area contributed by atoms with Crippen molar-refractivity contribution in [1.82, 2.24) is 10.2 Å². The number of nitrogens with zero attached hydrogens (tertiary/aromatic N) is 3. The van der Waals surface area contributed by atoms with Crippen molar-refractivity contribution in [3.63, 3.8) is 0 Å². The molecule has 1 N–H and O–H groups in total. The summed E-state index contributed by atoms with van der Waals surface area (Å²) in [5.41, 5.74) is 2.79. The van der Waals surface area contributed by atoms with E-state index in [9.17, 15) is 4.79 Å². The first-order valence-electron chi connectivity index (χ1n) is 10.1. The fourth-order valence-electron chi connectivity index (χ4n) is 3.30. The minimum atomic E-state index is -0.116. The third kappa shape index (κ3) is 5.13. The number of carbonyl (C=O) groups is 1. The van der Waals surface area contributed by atoms with Crippen LogP contribution in [0.15, 0.2) is 58.2 Å². The normalized spacial score (nSPS) is 13.4. The highest BCUT2D eigenvalue weighted by atomic mass is 32.2. The second-order valence-corrected chi connectivity index (χ2v) is 7.83. The van der Waals surface area contributed by atoms with Crippen molar-refractivity contribution in [3.8, 4) is 17.2 Å². The first-order valence-corrected chi connectivity index (χ1v) is 11.0. The maximum absolute atomic E-state index is 12.3. The van der Waals surface area contributed by atoms with Gasteiger partial charge in [-0.05, 0) is 68.3 Å².